The monoisotopic (exact) mass is 455 g/mol. The van der Waals surface area contributed by atoms with Gasteiger partial charge in [0, 0.05) is 0 Å². The Bertz CT molecular complexity index is 226. The van der Waals surface area contributed by atoms with Crippen LogP contribution in [0, 0.1) is 0 Å². The Morgan fingerprint density at radius 3 is 0.593 bits per heavy atom. The third kappa shape index (κ3) is 88.4. The Morgan fingerprint density at radius 2 is 0.481 bits per heavy atom. The molecule has 167 valence electrons. The third-order valence-corrected chi connectivity index (χ3v) is 3.46. The van der Waals surface area contributed by atoms with Gasteiger partial charge < -0.3 is 34.5 Å². The number of rotatable bonds is 13. The fourth-order valence-corrected chi connectivity index (χ4v) is 2.27. The van der Waals surface area contributed by atoms with Crippen molar-refractivity contribution in [3.63, 3.8) is 0 Å². The van der Waals surface area contributed by atoms with Gasteiger partial charge in [-0.25, -0.2) is 0 Å². The molecule has 0 aliphatic carbocycles. The van der Waals surface area contributed by atoms with Gasteiger partial charge in [-0.2, -0.15) is 0 Å². The van der Waals surface area contributed by atoms with Crippen LogP contribution in [0.5, 0.6) is 0 Å². The van der Waals surface area contributed by atoms with Crippen LogP contribution in [0.1, 0.15) is 104 Å². The maximum atomic E-state index is 9.75. The first-order chi connectivity index (χ1) is 11.9. The molecule has 0 atom stereocenters. The molecular weight excluding hydrogens is 421 g/mol. The Labute approximate surface area is 170 Å². The van der Waals surface area contributed by atoms with Gasteiger partial charge in [-0.05, 0) is 0 Å². The van der Waals surface area contributed by atoms with Gasteiger partial charge in [0.05, 0.1) is 0 Å². The molecule has 11 heteroatoms. The molecule has 0 aliphatic heterocycles. The average molecular weight is 455 g/mol. The van der Waals surface area contributed by atoms with E-state index in [1.54, 1.807) is 0 Å². The minimum absolute atomic E-state index is 0. The predicted octanol–water partition coefficient (Wildman–Crippen LogP) is 9.09. The SMILES string of the molecule is CCCCCCCCCCCCCCCC.F[B-](F)(F)F.F[B-](F)(F)F.[Mn+2]. The molecule has 0 spiro atoms. The number of halogens is 8. The van der Waals surface area contributed by atoms with Gasteiger partial charge in [0.25, 0.3) is 0 Å². The first-order valence-electron chi connectivity index (χ1n) is 9.66. The van der Waals surface area contributed by atoms with Crippen molar-refractivity contribution in [1.29, 1.82) is 0 Å². The Morgan fingerprint density at radius 1 is 0.370 bits per heavy atom. The predicted molar refractivity (Wildman–Crippen MR) is 96.4 cm³/mol. The van der Waals surface area contributed by atoms with Crippen molar-refractivity contribution in [3.8, 4) is 0 Å². The quantitative estimate of drug-likeness (QED) is 0.148. The second-order valence-electron chi connectivity index (χ2n) is 6.23. The molecule has 0 heterocycles. The largest absolute Gasteiger partial charge is 2.00 e. The zero-order valence-corrected chi connectivity index (χ0v) is 17.6. The summed E-state index contributed by atoms with van der Waals surface area (Å²) >= 11 is 0. The van der Waals surface area contributed by atoms with Crippen LogP contribution in [-0.4, -0.2) is 14.5 Å². The van der Waals surface area contributed by atoms with Gasteiger partial charge in [-0.3, -0.25) is 0 Å². The normalized spacial score (nSPS) is 10.9. The van der Waals surface area contributed by atoms with E-state index in [4.69, 9.17) is 0 Å². The molecule has 0 bridgehead atoms. The van der Waals surface area contributed by atoms with Crippen LogP contribution in [0.25, 0.3) is 0 Å². The molecule has 0 saturated heterocycles. The number of hydrogen-bond acceptors (Lipinski definition) is 0. The van der Waals surface area contributed by atoms with E-state index in [1.807, 2.05) is 0 Å². The van der Waals surface area contributed by atoms with Crippen LogP contribution in [0.15, 0.2) is 0 Å². The fourth-order valence-electron chi connectivity index (χ4n) is 2.27. The van der Waals surface area contributed by atoms with E-state index in [2.05, 4.69) is 13.8 Å². The molecule has 0 nitrogen and oxygen atoms in total. The van der Waals surface area contributed by atoms with Crippen molar-refractivity contribution in [2.75, 3.05) is 0 Å². The van der Waals surface area contributed by atoms with Gasteiger partial charge in [0.15, 0.2) is 0 Å². The van der Waals surface area contributed by atoms with E-state index >= 15 is 0 Å². The molecule has 0 N–H and O–H groups in total. The summed E-state index contributed by atoms with van der Waals surface area (Å²) in [4.78, 5) is 0. The van der Waals surface area contributed by atoms with Crippen molar-refractivity contribution in [1.82, 2.24) is 0 Å². The molecule has 0 unspecified atom stereocenters. The Balaban J connectivity index is -0.000000199. The summed E-state index contributed by atoms with van der Waals surface area (Å²) in [6, 6.07) is 0. The van der Waals surface area contributed by atoms with E-state index in [1.165, 1.54) is 89.9 Å². The summed E-state index contributed by atoms with van der Waals surface area (Å²) in [5, 5.41) is 0. The zero-order valence-electron chi connectivity index (χ0n) is 16.5. The molecule has 0 rings (SSSR count). The van der Waals surface area contributed by atoms with E-state index < -0.39 is 14.5 Å². The van der Waals surface area contributed by atoms with Crippen LogP contribution in [0.2, 0.25) is 0 Å². The second-order valence-corrected chi connectivity index (χ2v) is 6.23. The molecular formula is C16H34B2F8Mn. The molecule has 1 radical (unpaired) electrons. The van der Waals surface area contributed by atoms with Crippen molar-refractivity contribution < 1.29 is 51.6 Å². The molecule has 27 heavy (non-hydrogen) atoms. The van der Waals surface area contributed by atoms with E-state index in [0.717, 1.165) is 0 Å². The van der Waals surface area contributed by atoms with Crippen molar-refractivity contribution in [3.05, 3.63) is 0 Å². The first kappa shape index (κ1) is 34.6. The van der Waals surface area contributed by atoms with Gasteiger partial charge >= 0.3 is 31.6 Å². The maximum absolute atomic E-state index is 9.75. The van der Waals surface area contributed by atoms with Crippen LogP contribution < -0.4 is 0 Å². The second kappa shape index (κ2) is 24.1. The first-order valence-corrected chi connectivity index (χ1v) is 9.66. The number of unbranched alkanes of at least 4 members (excludes halogenated alkanes) is 13. The Kier molecular flexibility index (Phi) is 30.9. The molecule has 0 saturated carbocycles. The topological polar surface area (TPSA) is 0 Å². The van der Waals surface area contributed by atoms with Gasteiger partial charge in [0.2, 0.25) is 0 Å². The fraction of sp³-hybridized carbons (Fsp3) is 1.00. The van der Waals surface area contributed by atoms with Crippen LogP contribution in [0.4, 0.5) is 34.5 Å². The van der Waals surface area contributed by atoms with E-state index in [9.17, 15) is 34.5 Å². The summed E-state index contributed by atoms with van der Waals surface area (Å²) in [6.07, 6.45) is 20.4. The molecule has 0 aliphatic rings. The van der Waals surface area contributed by atoms with Gasteiger partial charge in [0.1, 0.15) is 0 Å². The maximum Gasteiger partial charge on any atom is 2.00 e. The Hall–Kier alpha value is 0.0894. The summed E-state index contributed by atoms with van der Waals surface area (Å²) in [6.45, 7) is 4.58. The minimum Gasteiger partial charge on any atom is -0.418 e. The van der Waals surface area contributed by atoms with Crippen molar-refractivity contribution in [2.24, 2.45) is 0 Å². The van der Waals surface area contributed by atoms with Crippen molar-refractivity contribution >= 4 is 14.5 Å². The van der Waals surface area contributed by atoms with E-state index in [0.29, 0.717) is 0 Å². The summed E-state index contributed by atoms with van der Waals surface area (Å²) in [7, 11) is -12.0. The molecule has 0 aromatic heterocycles. The van der Waals surface area contributed by atoms with Crippen molar-refractivity contribution in [2.45, 2.75) is 104 Å². The molecule has 0 fully saturated rings. The summed E-state index contributed by atoms with van der Waals surface area (Å²) < 4.78 is 78.0. The van der Waals surface area contributed by atoms with E-state index in [-0.39, 0.29) is 17.1 Å². The average Bonchev–Trinajstić information content (AvgIpc) is 2.45. The van der Waals surface area contributed by atoms with Crippen LogP contribution in [0.3, 0.4) is 0 Å². The summed E-state index contributed by atoms with van der Waals surface area (Å²) in [5.41, 5.74) is 0. The number of hydrogen-bond donors (Lipinski definition) is 0. The van der Waals surface area contributed by atoms with Crippen LogP contribution in [-0.2, 0) is 17.1 Å². The zero-order chi connectivity index (χ0) is 20.9. The molecule has 0 aromatic carbocycles. The van der Waals surface area contributed by atoms with Gasteiger partial charge in [-0.15, -0.1) is 0 Å². The standard InChI is InChI=1S/C16H34.2BF4.Mn/c1-3-5-7-9-11-13-15-16-14-12-10-8-6-4-2;2*2-1(3,4)5;/h3-16H2,1-2H3;;;/q;2*-1;+2. The molecule has 0 aromatic rings. The summed E-state index contributed by atoms with van der Waals surface area (Å²) in [5.74, 6) is 0. The smallest absolute Gasteiger partial charge is 0.418 e. The third-order valence-electron chi connectivity index (χ3n) is 3.46. The molecule has 0 amide bonds. The minimum atomic E-state index is -6.00. The van der Waals surface area contributed by atoms with Crippen LogP contribution >= 0.6 is 0 Å². The van der Waals surface area contributed by atoms with Gasteiger partial charge in [-0.1, -0.05) is 104 Å².